The fourth-order valence-corrected chi connectivity index (χ4v) is 11.5. The molecule has 2 aliphatic heterocycles. The number of fused-ring (bicyclic) bond motifs is 2. The number of aliphatic hydroxyl groups excluding tert-OH is 1. The first-order chi connectivity index (χ1) is 32.3. The highest BCUT2D eigenvalue weighted by atomic mass is 35.5. The zero-order chi connectivity index (χ0) is 46.6. The number of amides is 1. The molecule has 3 fully saturated rings. The number of carbonyl (C=O) groups is 1. The van der Waals surface area contributed by atoms with E-state index in [1.807, 2.05) is 18.2 Å². The summed E-state index contributed by atoms with van der Waals surface area (Å²) in [6.45, 7) is 2.52. The Morgan fingerprint density at radius 2 is 1.85 bits per heavy atom. The molecule has 0 bridgehead atoms. The molecule has 3 aromatic heterocycles. The third kappa shape index (κ3) is 8.61. The van der Waals surface area contributed by atoms with Crippen LogP contribution in [0.2, 0.25) is 5.02 Å². The summed E-state index contributed by atoms with van der Waals surface area (Å²) < 4.78 is 43.8. The third-order valence-electron chi connectivity index (χ3n) is 14.3. The highest BCUT2D eigenvalue weighted by Crippen LogP contribution is 2.56. The first-order valence-corrected chi connectivity index (χ1v) is 24.5. The maximum atomic E-state index is 14.3. The topological polar surface area (TPSA) is 216 Å². The van der Waals surface area contributed by atoms with Crippen molar-refractivity contribution < 1.29 is 32.7 Å². The third-order valence-corrected chi connectivity index (χ3v) is 15.9. The van der Waals surface area contributed by atoms with Gasteiger partial charge >= 0.3 is 0 Å². The number of rotatable bonds is 12. The van der Waals surface area contributed by atoms with Crippen molar-refractivity contribution in [3.63, 3.8) is 0 Å². The molecule has 0 radical (unpaired) electrons. The van der Waals surface area contributed by atoms with Crippen molar-refractivity contribution in [2.45, 2.75) is 68.5 Å². The Hall–Kier alpha value is -6.05. The number of piperidine rings is 1. The van der Waals surface area contributed by atoms with Crippen LogP contribution in [-0.2, 0) is 26.5 Å². The summed E-state index contributed by atoms with van der Waals surface area (Å²) >= 11 is 6.28. The van der Waals surface area contributed by atoms with Crippen molar-refractivity contribution in [3.8, 4) is 5.69 Å². The number of nitro groups is 1. The summed E-state index contributed by atoms with van der Waals surface area (Å²) in [5.74, 6) is -1.00. The van der Waals surface area contributed by atoms with Gasteiger partial charge in [-0.15, -0.1) is 0 Å². The van der Waals surface area contributed by atoms with Gasteiger partial charge in [0, 0.05) is 55.0 Å². The number of carbonyl (C=O) groups excluding carboxylic acids is 1. The molecule has 1 amide bonds. The van der Waals surface area contributed by atoms with Gasteiger partial charge in [-0.1, -0.05) is 30.2 Å². The number of aliphatic hydroxyl groups is 1. The van der Waals surface area contributed by atoms with Crippen molar-refractivity contribution in [2.75, 3.05) is 49.7 Å². The quantitative estimate of drug-likeness (QED) is 0.0714. The molecule has 2 aliphatic carbocycles. The monoisotopic (exact) mass is 950 g/mol. The number of nitro benzene ring substituents is 1. The standard InChI is InChI=1S/C48H51ClN8O9S/c1-54-47(60)43-42(23-31-12-18-50-45(31)52-43)56(54)40-24-33(55-19-13-30(14-20-55)44(58)36-11-17-48(15-2-16-48)26-38(36)29-3-5-32(49)6-4-29)7-9-37(40)46(59)53-67(63,64)35-8-10-39(41(25-35)57(61)62)51-27-34-28-65-21-22-66-34/h3-10,12,18,23-25,30,34,44,51,58H,2,11,13-17,19-22,26-28H2,1H3,(H,50,52)(H,53,59)/t34-,44-/m1/s1. The number of hydrogen-bond donors (Lipinski definition) is 4. The minimum atomic E-state index is -4.68. The molecule has 10 rings (SSSR count). The van der Waals surface area contributed by atoms with Crippen molar-refractivity contribution in [1.82, 2.24) is 24.1 Å². The Morgan fingerprint density at radius 3 is 2.57 bits per heavy atom. The van der Waals surface area contributed by atoms with Gasteiger partial charge < -0.3 is 29.8 Å². The SMILES string of the molecule is Cn1c(=O)c2nc3[nH]ccc3cc2n1-c1cc(N2CCC([C@@H](O)C3=C(c4ccc(Cl)cc4)CC4(CCC4)CC3)CC2)ccc1C(=O)NS(=O)(=O)c1ccc(NC[C@@H]2COCCO2)c([N+](=O)[O-])c1. The van der Waals surface area contributed by atoms with Gasteiger partial charge in [-0.25, -0.2) is 27.5 Å². The predicted molar refractivity (Wildman–Crippen MR) is 254 cm³/mol. The lowest BCUT2D eigenvalue weighted by molar-refractivity contribution is -0.384. The van der Waals surface area contributed by atoms with Crippen LogP contribution < -0.4 is 20.5 Å². The lowest BCUT2D eigenvalue weighted by atomic mass is 9.58. The van der Waals surface area contributed by atoms with Gasteiger partial charge in [0.15, 0.2) is 5.52 Å². The van der Waals surface area contributed by atoms with E-state index in [-0.39, 0.29) is 41.0 Å². The Labute approximate surface area is 390 Å². The fourth-order valence-electron chi connectivity index (χ4n) is 10.4. The van der Waals surface area contributed by atoms with E-state index >= 15 is 0 Å². The number of aromatic nitrogens is 4. The number of allylic oxidation sites excluding steroid dienone is 1. The van der Waals surface area contributed by atoms with Crippen molar-refractivity contribution in [1.29, 1.82) is 0 Å². The zero-order valence-corrected chi connectivity index (χ0v) is 38.4. The number of halogens is 1. The van der Waals surface area contributed by atoms with Gasteiger partial charge in [-0.2, -0.15) is 0 Å². The Morgan fingerprint density at radius 1 is 1.06 bits per heavy atom. The molecular weight excluding hydrogens is 900 g/mol. The molecule has 5 heterocycles. The summed E-state index contributed by atoms with van der Waals surface area (Å²) in [4.78, 5) is 48.9. The summed E-state index contributed by atoms with van der Waals surface area (Å²) in [7, 11) is -3.14. The van der Waals surface area contributed by atoms with Crippen molar-refractivity contribution in [3.05, 3.63) is 121 Å². The molecule has 1 spiro atoms. The number of benzene rings is 3. The first kappa shape index (κ1) is 44.8. The van der Waals surface area contributed by atoms with Crippen LogP contribution in [0.3, 0.4) is 0 Å². The molecule has 4 N–H and O–H groups in total. The van der Waals surface area contributed by atoms with E-state index in [2.05, 4.69) is 37.0 Å². The normalized spacial score (nSPS) is 19.4. The first-order valence-electron chi connectivity index (χ1n) is 22.7. The van der Waals surface area contributed by atoms with Gasteiger partial charge in [0.2, 0.25) is 0 Å². The van der Waals surface area contributed by atoms with Crippen LogP contribution in [0.15, 0.2) is 94.3 Å². The van der Waals surface area contributed by atoms with Gasteiger partial charge in [0.05, 0.1) is 58.6 Å². The van der Waals surface area contributed by atoms with E-state index in [1.165, 1.54) is 47.7 Å². The van der Waals surface area contributed by atoms with E-state index in [4.69, 9.17) is 21.1 Å². The number of hydrogen-bond acceptors (Lipinski definition) is 12. The number of nitrogens with zero attached hydrogens (tertiary/aromatic N) is 5. The second kappa shape index (κ2) is 17.9. The van der Waals surface area contributed by atoms with Gasteiger partial charge in [0.1, 0.15) is 11.3 Å². The Bertz CT molecular complexity index is 3110. The van der Waals surface area contributed by atoms with E-state index in [1.54, 1.807) is 36.1 Å². The zero-order valence-electron chi connectivity index (χ0n) is 36.9. The number of nitrogens with one attached hydrogen (secondary N) is 3. The molecule has 3 aromatic carbocycles. The molecule has 2 atom stereocenters. The highest BCUT2D eigenvalue weighted by Gasteiger charge is 2.43. The average molecular weight is 952 g/mol. The molecular formula is C48H51ClN8O9S. The molecule has 6 aromatic rings. The van der Waals surface area contributed by atoms with Gasteiger partial charge in [-0.05, 0) is 128 Å². The smallest absolute Gasteiger partial charge is 0.293 e. The van der Waals surface area contributed by atoms with Crippen LogP contribution in [0.5, 0.6) is 0 Å². The van der Waals surface area contributed by atoms with Crippen LogP contribution in [0, 0.1) is 21.4 Å². The second-order valence-corrected chi connectivity index (χ2v) is 20.4. The molecule has 67 heavy (non-hydrogen) atoms. The summed E-state index contributed by atoms with van der Waals surface area (Å²) in [5, 5.41) is 28.6. The lowest BCUT2D eigenvalue weighted by Gasteiger charge is -2.48. The molecule has 1 saturated carbocycles. The van der Waals surface area contributed by atoms with E-state index < -0.39 is 43.1 Å². The summed E-state index contributed by atoms with van der Waals surface area (Å²) in [6.07, 6.45) is 8.73. The number of H-pyrrole nitrogens is 1. The number of pyridine rings is 1. The predicted octanol–water partition coefficient (Wildman–Crippen LogP) is 7.10. The number of anilines is 2. The second-order valence-electron chi connectivity index (χ2n) is 18.2. The molecule has 19 heteroatoms. The van der Waals surface area contributed by atoms with Crippen LogP contribution >= 0.6 is 11.6 Å². The number of ether oxygens (including phenoxy) is 2. The fraction of sp³-hybridized carbons (Fsp3) is 0.396. The van der Waals surface area contributed by atoms with Gasteiger partial charge in [-0.3, -0.25) is 19.7 Å². The van der Waals surface area contributed by atoms with Gasteiger partial charge in [0.25, 0.3) is 27.2 Å². The maximum Gasteiger partial charge on any atom is 0.293 e. The summed E-state index contributed by atoms with van der Waals surface area (Å²) in [5.41, 5.74) is 4.82. The van der Waals surface area contributed by atoms with Crippen LogP contribution in [-0.4, -0.2) is 95.3 Å². The highest BCUT2D eigenvalue weighted by molar-refractivity contribution is 7.90. The Balaban J connectivity index is 0.946. The largest absolute Gasteiger partial charge is 0.388 e. The lowest BCUT2D eigenvalue weighted by Crippen LogP contribution is -2.40. The molecule has 350 valence electrons. The van der Waals surface area contributed by atoms with Crippen molar-refractivity contribution in [2.24, 2.45) is 18.4 Å². The Kier molecular flexibility index (Phi) is 11.9. The number of sulfonamides is 1. The molecule has 0 unspecified atom stereocenters. The van der Waals surface area contributed by atoms with E-state index in [0.29, 0.717) is 72.7 Å². The number of aromatic amines is 1. The molecule has 4 aliphatic rings. The van der Waals surface area contributed by atoms with Crippen LogP contribution in [0.25, 0.3) is 33.3 Å². The average Bonchev–Trinajstić information content (AvgIpc) is 3.89. The van der Waals surface area contributed by atoms with Crippen LogP contribution in [0.1, 0.15) is 67.3 Å². The van der Waals surface area contributed by atoms with Crippen molar-refractivity contribution >= 4 is 72.2 Å². The molecule has 2 saturated heterocycles. The maximum absolute atomic E-state index is 14.3. The van der Waals surface area contributed by atoms with E-state index in [9.17, 15) is 33.2 Å². The van der Waals surface area contributed by atoms with E-state index in [0.717, 1.165) is 42.2 Å². The minimum absolute atomic E-state index is 0.0175. The van der Waals surface area contributed by atoms with Crippen LogP contribution in [0.4, 0.5) is 17.1 Å². The molecule has 17 nitrogen and oxygen atoms in total. The minimum Gasteiger partial charge on any atom is -0.388 e. The summed E-state index contributed by atoms with van der Waals surface area (Å²) in [6, 6.07) is 19.9.